The minimum Gasteiger partial charge on any atom is -0.353 e. The topological polar surface area (TPSA) is 9.23 Å². The lowest BCUT2D eigenvalue weighted by atomic mass is 10.8. The molecule has 0 aliphatic carbocycles. The summed E-state index contributed by atoms with van der Waals surface area (Å²) >= 11 is 5.06. The highest BCUT2D eigenvalue weighted by atomic mass is 35.5. The number of alkyl halides is 1. The van der Waals surface area contributed by atoms with Gasteiger partial charge in [-0.05, 0) is 0 Å². The second kappa shape index (κ2) is 4.81. The van der Waals surface area contributed by atoms with Crippen molar-refractivity contribution >= 4 is 11.6 Å². The molecule has 0 aliphatic rings. The summed E-state index contributed by atoms with van der Waals surface area (Å²) in [5.41, 5.74) is 0. The average Bonchev–Trinajstić information content (AvgIpc) is 1.61. The molecule has 0 unspecified atom stereocenters. The van der Waals surface area contributed by atoms with Gasteiger partial charge in [0.2, 0.25) is 0 Å². The summed E-state index contributed by atoms with van der Waals surface area (Å²) < 4.78 is 4.51. The molecule has 0 saturated heterocycles. The molecule has 0 saturated carbocycles. The van der Waals surface area contributed by atoms with E-state index >= 15 is 0 Å². The molecule has 0 bridgehead atoms. The zero-order chi connectivity index (χ0) is 4.83. The Bertz CT molecular complexity index is 55.1. The van der Waals surface area contributed by atoms with Crippen LogP contribution in [0.4, 0.5) is 0 Å². The highest BCUT2D eigenvalue weighted by molar-refractivity contribution is 6.17. The van der Waals surface area contributed by atoms with E-state index in [1.165, 1.54) is 0 Å². The quantitative estimate of drug-likeness (QED) is 0.287. The lowest BCUT2D eigenvalue weighted by Crippen LogP contribution is -1.84. The first-order chi connectivity index (χ1) is 2.91. The molecular weight excluding hydrogens is 99.5 g/mol. The van der Waals surface area contributed by atoms with Gasteiger partial charge in [-0.25, -0.2) is 0 Å². The van der Waals surface area contributed by atoms with Crippen molar-refractivity contribution in [3.63, 3.8) is 0 Å². The van der Waals surface area contributed by atoms with Crippen LogP contribution in [-0.4, -0.2) is 12.7 Å². The van der Waals surface area contributed by atoms with E-state index in [9.17, 15) is 0 Å². The van der Waals surface area contributed by atoms with Gasteiger partial charge in [-0.3, -0.25) is 0 Å². The third-order valence-corrected chi connectivity index (χ3v) is 0.417. The van der Waals surface area contributed by atoms with Crippen molar-refractivity contribution in [3.8, 4) is 12.3 Å². The number of rotatable bonds is 2. The smallest absolute Gasteiger partial charge is 0.122 e. The molecule has 0 amide bonds. The summed E-state index contributed by atoms with van der Waals surface area (Å²) in [5.74, 6) is 2.26. The Morgan fingerprint density at radius 3 is 2.67 bits per heavy atom. The highest BCUT2D eigenvalue weighted by Gasteiger charge is 1.69. The van der Waals surface area contributed by atoms with Crippen LogP contribution in [0.15, 0.2) is 0 Å². The highest BCUT2D eigenvalue weighted by Crippen LogP contribution is 1.73. The molecule has 0 radical (unpaired) electrons. The molecule has 2 heteroatoms. The van der Waals surface area contributed by atoms with Gasteiger partial charge in [-0.1, -0.05) is 17.5 Å². The molecule has 0 spiro atoms. The number of hydrogen-bond donors (Lipinski definition) is 0. The second-order valence-electron chi connectivity index (χ2n) is 0.662. The Balaban J connectivity index is 2.54. The fraction of sp³-hybridized carbons (Fsp3) is 0.500. The first-order valence-corrected chi connectivity index (χ1v) is 2.02. The summed E-state index contributed by atoms with van der Waals surface area (Å²) in [6.45, 7) is 0.309. The van der Waals surface area contributed by atoms with E-state index in [0.29, 0.717) is 6.61 Å². The van der Waals surface area contributed by atoms with Gasteiger partial charge in [-0.15, -0.1) is 6.42 Å². The van der Waals surface area contributed by atoms with Crippen LogP contribution in [0.25, 0.3) is 0 Å². The zero-order valence-corrected chi connectivity index (χ0v) is 4.03. The van der Waals surface area contributed by atoms with Gasteiger partial charge in [0.1, 0.15) is 12.7 Å². The summed E-state index contributed by atoms with van der Waals surface area (Å²) in [6, 6.07) is 0.185. The Labute approximate surface area is 42.3 Å². The fourth-order valence-corrected chi connectivity index (χ4v) is 0.175. The average molecular weight is 105 g/mol. The molecule has 6 heavy (non-hydrogen) atoms. The first kappa shape index (κ1) is 5.81. The number of halogens is 1. The zero-order valence-electron chi connectivity index (χ0n) is 3.28. The van der Waals surface area contributed by atoms with Crippen molar-refractivity contribution < 1.29 is 4.74 Å². The molecule has 34 valence electrons. The van der Waals surface area contributed by atoms with Crippen LogP contribution in [0.3, 0.4) is 0 Å². The summed E-state index contributed by atoms with van der Waals surface area (Å²) in [4.78, 5) is 0. The molecule has 0 atom stereocenters. The summed E-state index contributed by atoms with van der Waals surface area (Å²) in [5, 5.41) is 0. The second-order valence-corrected chi connectivity index (χ2v) is 0.880. The van der Waals surface area contributed by atoms with E-state index < -0.39 is 0 Å². The number of hydrogen-bond acceptors (Lipinski definition) is 1. The maximum Gasteiger partial charge on any atom is 0.122 e. The lowest BCUT2D eigenvalue weighted by Gasteiger charge is -1.84. The van der Waals surface area contributed by atoms with Crippen LogP contribution in [0.1, 0.15) is 0 Å². The fourth-order valence-electron chi connectivity index (χ4n) is 0.0975. The van der Waals surface area contributed by atoms with Crippen LogP contribution < -0.4 is 0 Å². The SMILES string of the molecule is C#CCOCCl. The third kappa shape index (κ3) is 3.81. The van der Waals surface area contributed by atoms with E-state index in [-0.39, 0.29) is 6.07 Å². The van der Waals surface area contributed by atoms with E-state index in [2.05, 4.69) is 10.7 Å². The maximum atomic E-state index is 5.06. The van der Waals surface area contributed by atoms with E-state index in [0.717, 1.165) is 0 Å². The Morgan fingerprint density at radius 1 is 1.83 bits per heavy atom. The number of terminal acetylenes is 1. The van der Waals surface area contributed by atoms with E-state index in [1.807, 2.05) is 0 Å². The van der Waals surface area contributed by atoms with Gasteiger partial charge in [0, 0.05) is 0 Å². The molecule has 0 aromatic heterocycles. The standard InChI is InChI=1S/C4H5ClO/c1-2-3-6-4-5/h1H,3-4H2. The third-order valence-electron chi connectivity index (χ3n) is 0.263. The molecule has 0 N–H and O–H groups in total. The van der Waals surface area contributed by atoms with Gasteiger partial charge >= 0.3 is 0 Å². The molecule has 0 aliphatic heterocycles. The van der Waals surface area contributed by atoms with Gasteiger partial charge in [-0.2, -0.15) is 0 Å². The normalized spacial score (nSPS) is 7.33. The molecule has 0 rings (SSSR count). The predicted octanol–water partition coefficient (Wildman–Crippen LogP) is 0.833. The molecule has 1 nitrogen and oxygen atoms in total. The minimum atomic E-state index is 0.185. The monoisotopic (exact) mass is 104 g/mol. The number of ether oxygens (including phenoxy) is 1. The van der Waals surface area contributed by atoms with Crippen LogP contribution in [0.2, 0.25) is 0 Å². The van der Waals surface area contributed by atoms with Crippen molar-refractivity contribution in [2.75, 3.05) is 12.7 Å². The molecular formula is C4H5ClO. The summed E-state index contributed by atoms with van der Waals surface area (Å²) in [7, 11) is 0. The van der Waals surface area contributed by atoms with Gasteiger partial charge < -0.3 is 4.74 Å². The van der Waals surface area contributed by atoms with Gasteiger partial charge in [0.05, 0.1) is 0 Å². The Morgan fingerprint density at radius 2 is 2.50 bits per heavy atom. The van der Waals surface area contributed by atoms with Crippen LogP contribution in [-0.2, 0) is 4.74 Å². The van der Waals surface area contributed by atoms with Crippen LogP contribution in [0, 0.1) is 12.3 Å². The van der Waals surface area contributed by atoms with Crippen LogP contribution >= 0.6 is 11.6 Å². The molecule has 0 fully saturated rings. The van der Waals surface area contributed by atoms with E-state index in [1.54, 1.807) is 0 Å². The molecule has 0 heterocycles. The maximum absolute atomic E-state index is 5.06. The van der Waals surface area contributed by atoms with E-state index in [4.69, 9.17) is 18.0 Å². The van der Waals surface area contributed by atoms with Gasteiger partial charge in [0.25, 0.3) is 0 Å². The molecule has 0 aromatic rings. The Kier molecular flexibility index (Phi) is 4.66. The predicted molar refractivity (Wildman–Crippen MR) is 25.5 cm³/mol. The minimum absolute atomic E-state index is 0.185. The van der Waals surface area contributed by atoms with Crippen molar-refractivity contribution in [1.82, 2.24) is 0 Å². The lowest BCUT2D eigenvalue weighted by molar-refractivity contribution is 0.218. The first-order valence-electron chi connectivity index (χ1n) is 1.49. The van der Waals surface area contributed by atoms with Crippen molar-refractivity contribution in [1.29, 1.82) is 0 Å². The van der Waals surface area contributed by atoms with Crippen molar-refractivity contribution in [2.45, 2.75) is 0 Å². The largest absolute Gasteiger partial charge is 0.353 e. The Hall–Kier alpha value is -0.190. The summed E-state index contributed by atoms with van der Waals surface area (Å²) in [6.07, 6.45) is 4.78. The van der Waals surface area contributed by atoms with Gasteiger partial charge in [0.15, 0.2) is 0 Å². The van der Waals surface area contributed by atoms with Crippen molar-refractivity contribution in [3.05, 3.63) is 0 Å². The van der Waals surface area contributed by atoms with Crippen LogP contribution in [0.5, 0.6) is 0 Å². The molecule has 0 aromatic carbocycles. The van der Waals surface area contributed by atoms with Crippen molar-refractivity contribution in [2.24, 2.45) is 0 Å².